The number of pyridine rings is 1. The molecule has 0 atom stereocenters. The van der Waals surface area contributed by atoms with Crippen LogP contribution < -0.4 is 11.1 Å². The van der Waals surface area contributed by atoms with Crippen molar-refractivity contribution in [3.8, 4) is 16.9 Å². The van der Waals surface area contributed by atoms with Gasteiger partial charge in [-0.3, -0.25) is 4.79 Å². The van der Waals surface area contributed by atoms with Gasteiger partial charge in [0.15, 0.2) is 0 Å². The number of benzene rings is 2. The van der Waals surface area contributed by atoms with Crippen LogP contribution in [0.2, 0.25) is 0 Å². The maximum Gasteiger partial charge on any atom is 0.252 e. The monoisotopic (exact) mass is 415 g/mol. The van der Waals surface area contributed by atoms with Crippen molar-refractivity contribution in [1.82, 2.24) is 14.8 Å². The van der Waals surface area contributed by atoms with Crippen LogP contribution >= 0.6 is 0 Å². The Hall–Kier alpha value is -4.00. The van der Waals surface area contributed by atoms with E-state index in [9.17, 15) is 9.18 Å². The zero-order valence-electron chi connectivity index (χ0n) is 17.5. The van der Waals surface area contributed by atoms with Crippen LogP contribution in [0.3, 0.4) is 0 Å². The van der Waals surface area contributed by atoms with Gasteiger partial charge in [0, 0.05) is 17.3 Å². The third-order valence-electron chi connectivity index (χ3n) is 4.99. The predicted molar refractivity (Wildman–Crippen MR) is 119 cm³/mol. The second-order valence-corrected chi connectivity index (χ2v) is 7.46. The fraction of sp³-hybridized carbons (Fsp3) is 0.125. The lowest BCUT2D eigenvalue weighted by atomic mass is 10.1. The number of rotatable bonds is 5. The molecule has 0 fully saturated rings. The summed E-state index contributed by atoms with van der Waals surface area (Å²) in [5.41, 5.74) is 11.0. The van der Waals surface area contributed by atoms with Gasteiger partial charge in [0.2, 0.25) is 0 Å². The lowest BCUT2D eigenvalue weighted by Crippen LogP contribution is -2.15. The molecule has 3 N–H and O–H groups in total. The van der Waals surface area contributed by atoms with Gasteiger partial charge in [-0.15, -0.1) is 0 Å². The van der Waals surface area contributed by atoms with Crippen LogP contribution in [0.5, 0.6) is 0 Å². The topological polar surface area (TPSA) is 85.8 Å². The molecule has 7 heteroatoms. The molecule has 0 aliphatic rings. The second kappa shape index (κ2) is 8.02. The molecule has 2 aromatic heterocycles. The normalized spacial score (nSPS) is 10.8. The van der Waals surface area contributed by atoms with E-state index >= 15 is 0 Å². The van der Waals surface area contributed by atoms with E-state index in [0.717, 1.165) is 28.1 Å². The molecule has 0 aliphatic heterocycles. The minimum Gasteiger partial charge on any atom is -0.365 e. The fourth-order valence-electron chi connectivity index (χ4n) is 3.34. The highest BCUT2D eigenvalue weighted by Crippen LogP contribution is 2.29. The van der Waals surface area contributed by atoms with Crippen molar-refractivity contribution in [2.75, 3.05) is 5.32 Å². The molecule has 0 saturated carbocycles. The average Bonchev–Trinajstić information content (AvgIpc) is 3.13. The van der Waals surface area contributed by atoms with Gasteiger partial charge < -0.3 is 11.1 Å². The SMILES string of the molecule is Cc1ccc(C)c(-n2nc(-c3ccc(F)cc3)cc2Nc2nc(C)ccc2C(N)=O)c1. The Labute approximate surface area is 179 Å². The van der Waals surface area contributed by atoms with Crippen molar-refractivity contribution in [1.29, 1.82) is 0 Å². The van der Waals surface area contributed by atoms with E-state index in [2.05, 4.69) is 10.3 Å². The number of amides is 1. The maximum atomic E-state index is 13.4. The second-order valence-electron chi connectivity index (χ2n) is 7.46. The minimum atomic E-state index is -0.577. The number of hydrogen-bond donors (Lipinski definition) is 2. The Balaban J connectivity index is 1.88. The first-order chi connectivity index (χ1) is 14.8. The first kappa shape index (κ1) is 20.3. The summed E-state index contributed by atoms with van der Waals surface area (Å²) in [6, 6.07) is 17.4. The van der Waals surface area contributed by atoms with E-state index in [4.69, 9.17) is 10.8 Å². The van der Waals surface area contributed by atoms with Crippen molar-refractivity contribution in [3.63, 3.8) is 0 Å². The number of carbonyl (C=O) groups excluding carboxylic acids is 1. The first-order valence-electron chi connectivity index (χ1n) is 9.80. The van der Waals surface area contributed by atoms with Crippen molar-refractivity contribution in [2.24, 2.45) is 5.73 Å². The third-order valence-corrected chi connectivity index (χ3v) is 4.99. The Morgan fingerprint density at radius 2 is 1.74 bits per heavy atom. The summed E-state index contributed by atoms with van der Waals surface area (Å²) < 4.78 is 15.2. The van der Waals surface area contributed by atoms with Crippen molar-refractivity contribution >= 4 is 17.5 Å². The van der Waals surface area contributed by atoms with Gasteiger partial charge in [0.05, 0.1) is 16.9 Å². The largest absolute Gasteiger partial charge is 0.365 e. The molecule has 6 nitrogen and oxygen atoms in total. The number of hydrogen-bond acceptors (Lipinski definition) is 4. The van der Waals surface area contributed by atoms with Crippen LogP contribution in [0.1, 0.15) is 27.2 Å². The van der Waals surface area contributed by atoms with E-state index in [1.54, 1.807) is 28.9 Å². The van der Waals surface area contributed by atoms with Gasteiger partial charge >= 0.3 is 0 Å². The van der Waals surface area contributed by atoms with Gasteiger partial charge in [-0.05, 0) is 74.4 Å². The zero-order chi connectivity index (χ0) is 22.1. The zero-order valence-corrected chi connectivity index (χ0v) is 17.5. The van der Waals surface area contributed by atoms with E-state index in [0.29, 0.717) is 17.3 Å². The Morgan fingerprint density at radius 1 is 1.00 bits per heavy atom. The number of anilines is 2. The summed E-state index contributed by atoms with van der Waals surface area (Å²) >= 11 is 0. The molecule has 4 rings (SSSR count). The Morgan fingerprint density at radius 3 is 2.45 bits per heavy atom. The van der Waals surface area contributed by atoms with E-state index in [1.807, 2.05) is 45.0 Å². The van der Waals surface area contributed by atoms with Gasteiger partial charge in [-0.25, -0.2) is 14.1 Å². The van der Waals surface area contributed by atoms with Crippen LogP contribution in [0.25, 0.3) is 16.9 Å². The Bertz CT molecular complexity index is 1280. The first-order valence-corrected chi connectivity index (χ1v) is 9.80. The van der Waals surface area contributed by atoms with Crippen LogP contribution in [-0.4, -0.2) is 20.7 Å². The number of primary amides is 1. The number of nitrogens with zero attached hydrogens (tertiary/aromatic N) is 3. The lowest BCUT2D eigenvalue weighted by Gasteiger charge is -2.14. The smallest absolute Gasteiger partial charge is 0.252 e. The quantitative estimate of drug-likeness (QED) is 0.488. The highest BCUT2D eigenvalue weighted by molar-refractivity contribution is 5.98. The van der Waals surface area contributed by atoms with Crippen LogP contribution in [0.4, 0.5) is 16.0 Å². The van der Waals surface area contributed by atoms with Gasteiger partial charge in [-0.1, -0.05) is 12.1 Å². The highest BCUT2D eigenvalue weighted by Gasteiger charge is 2.17. The molecule has 0 bridgehead atoms. The number of halogens is 1. The van der Waals surface area contributed by atoms with E-state index in [1.165, 1.54) is 12.1 Å². The van der Waals surface area contributed by atoms with Gasteiger partial charge in [-0.2, -0.15) is 5.10 Å². The minimum absolute atomic E-state index is 0.280. The number of carbonyl (C=O) groups is 1. The van der Waals surface area contributed by atoms with Crippen molar-refractivity contribution in [3.05, 3.63) is 88.9 Å². The van der Waals surface area contributed by atoms with Crippen molar-refractivity contribution in [2.45, 2.75) is 20.8 Å². The predicted octanol–water partition coefficient (Wildman–Crippen LogP) is 4.84. The molecule has 0 unspecified atom stereocenters. The molecular formula is C24H22FN5O. The molecule has 156 valence electrons. The van der Waals surface area contributed by atoms with E-state index < -0.39 is 5.91 Å². The van der Waals surface area contributed by atoms with E-state index in [-0.39, 0.29) is 11.4 Å². The number of nitrogens with two attached hydrogens (primary N) is 1. The summed E-state index contributed by atoms with van der Waals surface area (Å²) in [6.07, 6.45) is 0. The van der Waals surface area contributed by atoms with Crippen LogP contribution in [0.15, 0.2) is 60.7 Å². The van der Waals surface area contributed by atoms with Gasteiger partial charge in [0.25, 0.3) is 5.91 Å². The molecule has 2 aromatic carbocycles. The number of nitrogens with one attached hydrogen (secondary N) is 1. The van der Waals surface area contributed by atoms with Crippen molar-refractivity contribution < 1.29 is 9.18 Å². The third kappa shape index (κ3) is 4.16. The summed E-state index contributed by atoms with van der Waals surface area (Å²) in [5, 5.41) is 7.99. The molecule has 4 aromatic rings. The average molecular weight is 415 g/mol. The van der Waals surface area contributed by atoms with Gasteiger partial charge in [0.1, 0.15) is 17.5 Å². The molecule has 0 aliphatic carbocycles. The lowest BCUT2D eigenvalue weighted by molar-refractivity contribution is 0.100. The molecule has 0 radical (unpaired) electrons. The molecule has 2 heterocycles. The fourth-order valence-corrected chi connectivity index (χ4v) is 3.34. The summed E-state index contributed by atoms with van der Waals surface area (Å²) in [4.78, 5) is 16.4. The standard InChI is InChI=1S/C24H22FN5O/c1-14-4-5-15(2)21(12-14)30-22(13-20(29-30)17-7-9-18(25)10-8-17)28-24-19(23(26)31)11-6-16(3)27-24/h4-13H,1-3H3,(H2,26,31)(H,27,28). The molecular weight excluding hydrogens is 393 g/mol. The molecule has 0 saturated heterocycles. The molecule has 31 heavy (non-hydrogen) atoms. The number of aryl methyl sites for hydroxylation is 3. The van der Waals surface area contributed by atoms with Crippen LogP contribution in [-0.2, 0) is 0 Å². The Kier molecular flexibility index (Phi) is 5.25. The van der Waals surface area contributed by atoms with Crippen LogP contribution in [0, 0.1) is 26.6 Å². The summed E-state index contributed by atoms with van der Waals surface area (Å²) in [7, 11) is 0. The molecule has 0 spiro atoms. The molecule has 1 amide bonds. The highest BCUT2D eigenvalue weighted by atomic mass is 19.1. The maximum absolute atomic E-state index is 13.4. The summed E-state index contributed by atoms with van der Waals surface area (Å²) in [6.45, 7) is 5.84. The number of aromatic nitrogens is 3. The summed E-state index contributed by atoms with van der Waals surface area (Å²) in [5.74, 6) is 0.0657.